The van der Waals surface area contributed by atoms with Crippen molar-refractivity contribution in [1.29, 1.82) is 0 Å². The zero-order valence-corrected chi connectivity index (χ0v) is 18.1. The maximum atomic E-state index is 10.2. The fourth-order valence-corrected chi connectivity index (χ4v) is 3.95. The zero-order chi connectivity index (χ0) is 22.7. The third-order valence-electron chi connectivity index (χ3n) is 5.63. The van der Waals surface area contributed by atoms with Crippen LogP contribution in [0, 0.1) is 0 Å². The molecular weight excluding hydrogens is 440 g/mol. The molecule has 2 aliphatic rings. The average molecular weight is 467 g/mol. The van der Waals surface area contributed by atoms with Crippen LogP contribution in [0.1, 0.15) is 17.5 Å². The summed E-state index contributed by atoms with van der Waals surface area (Å²) in [5.74, 6) is 1.16. The predicted octanol–water partition coefficient (Wildman–Crippen LogP) is 1.28. The molecule has 2 aromatic rings. The van der Waals surface area contributed by atoms with Gasteiger partial charge in [0.15, 0.2) is 0 Å². The first-order chi connectivity index (χ1) is 15.4. The van der Waals surface area contributed by atoms with Crippen LogP contribution < -0.4 is 9.47 Å². The lowest BCUT2D eigenvalue weighted by molar-refractivity contribution is -0.277. The molecule has 32 heavy (non-hydrogen) atoms. The van der Waals surface area contributed by atoms with Gasteiger partial charge in [0.1, 0.15) is 42.0 Å². The smallest absolute Gasteiger partial charge is 0.229 e. The molecule has 0 amide bonds. The van der Waals surface area contributed by atoms with Crippen molar-refractivity contribution in [3.05, 3.63) is 58.6 Å². The largest absolute Gasteiger partial charge is 0.488 e. The molecule has 174 valence electrons. The maximum absolute atomic E-state index is 10.2. The zero-order valence-electron chi connectivity index (χ0n) is 17.3. The van der Waals surface area contributed by atoms with Gasteiger partial charge in [0, 0.05) is 11.4 Å². The van der Waals surface area contributed by atoms with Crippen molar-refractivity contribution in [2.75, 3.05) is 19.8 Å². The fraction of sp³-hybridized carbons (Fsp3) is 0.478. The summed E-state index contributed by atoms with van der Waals surface area (Å²) in [5, 5.41) is 39.9. The fourth-order valence-electron chi connectivity index (χ4n) is 3.76. The van der Waals surface area contributed by atoms with E-state index >= 15 is 0 Å². The molecule has 0 radical (unpaired) electrons. The average Bonchev–Trinajstić information content (AvgIpc) is 3.31. The van der Waals surface area contributed by atoms with E-state index in [-0.39, 0.29) is 6.10 Å². The van der Waals surface area contributed by atoms with Crippen LogP contribution in [-0.2, 0) is 15.9 Å². The number of ether oxygens (including phenoxy) is 4. The van der Waals surface area contributed by atoms with Gasteiger partial charge in [-0.25, -0.2) is 0 Å². The van der Waals surface area contributed by atoms with Crippen LogP contribution in [0.2, 0.25) is 5.02 Å². The summed E-state index contributed by atoms with van der Waals surface area (Å²) in [6.07, 6.45) is -5.21. The van der Waals surface area contributed by atoms with E-state index in [1.807, 2.05) is 24.3 Å². The summed E-state index contributed by atoms with van der Waals surface area (Å²) < 4.78 is 22.3. The minimum absolute atomic E-state index is 0.0894. The first-order valence-electron chi connectivity index (χ1n) is 10.5. The van der Waals surface area contributed by atoms with Crippen molar-refractivity contribution < 1.29 is 39.4 Å². The third kappa shape index (κ3) is 5.35. The van der Waals surface area contributed by atoms with E-state index in [0.717, 1.165) is 29.9 Å². The highest BCUT2D eigenvalue weighted by Crippen LogP contribution is 2.29. The number of rotatable bonds is 7. The molecule has 0 bridgehead atoms. The van der Waals surface area contributed by atoms with Crippen LogP contribution in [0.25, 0.3) is 0 Å². The normalized spacial score (nSPS) is 30.3. The lowest BCUT2D eigenvalue weighted by Crippen LogP contribution is -2.60. The molecule has 4 N–H and O–H groups in total. The Bertz CT molecular complexity index is 884. The van der Waals surface area contributed by atoms with Crippen LogP contribution in [-0.4, -0.2) is 77.1 Å². The summed E-state index contributed by atoms with van der Waals surface area (Å²) in [6, 6.07) is 12.8. The number of aliphatic hydroxyl groups excluding tert-OH is 4. The van der Waals surface area contributed by atoms with Crippen LogP contribution >= 0.6 is 11.6 Å². The van der Waals surface area contributed by atoms with Crippen LogP contribution in [0.15, 0.2) is 42.5 Å². The molecule has 4 rings (SSSR count). The van der Waals surface area contributed by atoms with Crippen molar-refractivity contribution >= 4 is 11.6 Å². The number of benzene rings is 2. The Balaban J connectivity index is 1.42. The molecule has 2 aliphatic heterocycles. The van der Waals surface area contributed by atoms with Gasteiger partial charge >= 0.3 is 0 Å². The third-order valence-corrected chi connectivity index (χ3v) is 6.00. The quantitative estimate of drug-likeness (QED) is 0.482. The van der Waals surface area contributed by atoms with Crippen LogP contribution in [0.3, 0.4) is 0 Å². The van der Waals surface area contributed by atoms with Gasteiger partial charge in [-0.15, -0.1) is 0 Å². The van der Waals surface area contributed by atoms with E-state index in [2.05, 4.69) is 0 Å². The van der Waals surface area contributed by atoms with E-state index in [0.29, 0.717) is 23.8 Å². The van der Waals surface area contributed by atoms with Crippen LogP contribution in [0.4, 0.5) is 0 Å². The van der Waals surface area contributed by atoms with Gasteiger partial charge in [0.25, 0.3) is 0 Å². The van der Waals surface area contributed by atoms with Crippen LogP contribution in [0.5, 0.6) is 11.5 Å². The van der Waals surface area contributed by atoms with E-state index in [4.69, 9.17) is 30.5 Å². The number of aliphatic hydroxyl groups is 4. The number of hydrogen-bond donors (Lipinski definition) is 4. The summed E-state index contributed by atoms with van der Waals surface area (Å²) >= 11 is 6.37. The number of halogens is 1. The first kappa shape index (κ1) is 23.3. The van der Waals surface area contributed by atoms with E-state index < -0.39 is 37.3 Å². The Hall–Kier alpha value is -1.91. The second-order valence-corrected chi connectivity index (χ2v) is 8.40. The minimum Gasteiger partial charge on any atom is -0.488 e. The topological polar surface area (TPSA) is 118 Å². The van der Waals surface area contributed by atoms with Crippen molar-refractivity contribution in [2.24, 2.45) is 0 Å². The SMILES string of the molecule is OC[C@H]1OC(Oc2ccc(Cl)c(Cc3ccc(O[C@@H]4CCOC4)cc3)c2)[C@H](O)[C@@H](O)[C@@H]1O. The van der Waals surface area contributed by atoms with Gasteiger partial charge in [0.2, 0.25) is 6.29 Å². The van der Waals surface area contributed by atoms with Crippen molar-refractivity contribution in [3.8, 4) is 11.5 Å². The highest BCUT2D eigenvalue weighted by molar-refractivity contribution is 6.31. The molecule has 9 heteroatoms. The molecule has 0 saturated carbocycles. The van der Waals surface area contributed by atoms with Gasteiger partial charge < -0.3 is 39.4 Å². The van der Waals surface area contributed by atoms with Gasteiger partial charge in [-0.1, -0.05) is 23.7 Å². The Kier molecular flexibility index (Phi) is 7.52. The molecule has 0 aromatic heterocycles. The highest BCUT2D eigenvalue weighted by atomic mass is 35.5. The van der Waals surface area contributed by atoms with Crippen molar-refractivity contribution in [1.82, 2.24) is 0 Å². The highest BCUT2D eigenvalue weighted by Gasteiger charge is 2.44. The molecule has 0 spiro atoms. The minimum atomic E-state index is -1.51. The summed E-state index contributed by atoms with van der Waals surface area (Å²) in [5.41, 5.74) is 1.82. The summed E-state index contributed by atoms with van der Waals surface area (Å²) in [7, 11) is 0. The van der Waals surface area contributed by atoms with Crippen molar-refractivity contribution in [2.45, 2.75) is 49.7 Å². The molecule has 6 atom stereocenters. The molecule has 2 heterocycles. The molecule has 2 aromatic carbocycles. The van der Waals surface area contributed by atoms with E-state index in [1.54, 1.807) is 18.2 Å². The van der Waals surface area contributed by atoms with E-state index in [1.165, 1.54) is 0 Å². The predicted molar refractivity (Wildman–Crippen MR) is 115 cm³/mol. The van der Waals surface area contributed by atoms with Gasteiger partial charge in [0.05, 0.1) is 19.8 Å². The molecule has 0 aliphatic carbocycles. The Labute approximate surface area is 190 Å². The van der Waals surface area contributed by atoms with Crippen molar-refractivity contribution in [3.63, 3.8) is 0 Å². The van der Waals surface area contributed by atoms with Gasteiger partial charge in [-0.2, -0.15) is 0 Å². The molecule has 1 unspecified atom stereocenters. The molecule has 8 nitrogen and oxygen atoms in total. The summed E-state index contributed by atoms with van der Waals surface area (Å²) in [4.78, 5) is 0. The Morgan fingerprint density at radius 1 is 0.938 bits per heavy atom. The lowest BCUT2D eigenvalue weighted by Gasteiger charge is -2.39. The molecule has 2 fully saturated rings. The molecular formula is C23H27ClO8. The lowest BCUT2D eigenvalue weighted by atomic mass is 9.99. The maximum Gasteiger partial charge on any atom is 0.229 e. The Morgan fingerprint density at radius 3 is 2.38 bits per heavy atom. The standard InChI is InChI=1S/C23H27ClO8/c24-18-6-5-16(31-23-22(28)21(27)20(26)19(11-25)32-23)10-14(18)9-13-1-3-15(4-2-13)30-17-7-8-29-12-17/h1-6,10,17,19-23,25-28H,7-9,11-12H2/t17-,19-,20-,21+,22-,23?/m1/s1. The second-order valence-electron chi connectivity index (χ2n) is 7.99. The first-order valence-corrected chi connectivity index (χ1v) is 10.9. The monoisotopic (exact) mass is 466 g/mol. The van der Waals surface area contributed by atoms with E-state index in [9.17, 15) is 20.4 Å². The second kappa shape index (κ2) is 10.4. The Morgan fingerprint density at radius 2 is 1.69 bits per heavy atom. The molecule has 2 saturated heterocycles. The summed E-state index contributed by atoms with van der Waals surface area (Å²) in [6.45, 7) is 0.811. The van der Waals surface area contributed by atoms with Gasteiger partial charge in [-0.3, -0.25) is 0 Å². The van der Waals surface area contributed by atoms with Gasteiger partial charge in [-0.05, 0) is 47.9 Å². The number of hydrogen-bond acceptors (Lipinski definition) is 8.